The van der Waals surface area contributed by atoms with E-state index in [1.807, 2.05) is 54.6 Å². The van der Waals surface area contributed by atoms with E-state index in [1.165, 1.54) is 0 Å². The standard InChI is InChI=1S/C24H24N4O2/c1-28-21-10-6-5-9-20(21)24(23(28)30,15-18-7-3-2-4-8-18)16-22(29)27-12-11-19-17-25-13-14-26-19/h2-10,13-14,17H,11-12,15-16H2,1H3,(H,27,29)/t24-/m0/s1. The highest BCUT2D eigenvalue weighted by Gasteiger charge is 2.50. The van der Waals surface area contributed by atoms with Gasteiger partial charge in [0, 0.05) is 50.7 Å². The van der Waals surface area contributed by atoms with Crippen molar-refractivity contribution < 1.29 is 9.59 Å². The molecule has 2 amide bonds. The smallest absolute Gasteiger partial charge is 0.238 e. The molecule has 1 atom stereocenters. The number of para-hydroxylation sites is 1. The molecular formula is C24H24N4O2. The van der Waals surface area contributed by atoms with Gasteiger partial charge in [0.25, 0.3) is 0 Å². The zero-order valence-electron chi connectivity index (χ0n) is 16.9. The Morgan fingerprint density at radius 2 is 1.83 bits per heavy atom. The van der Waals surface area contributed by atoms with E-state index in [0.29, 0.717) is 19.4 Å². The van der Waals surface area contributed by atoms with Gasteiger partial charge in [-0.05, 0) is 23.6 Å². The molecule has 0 spiro atoms. The summed E-state index contributed by atoms with van der Waals surface area (Å²) in [7, 11) is 1.78. The first kappa shape index (κ1) is 19.8. The molecule has 1 N–H and O–H groups in total. The zero-order valence-corrected chi connectivity index (χ0v) is 16.9. The fourth-order valence-corrected chi connectivity index (χ4v) is 4.19. The molecule has 1 aromatic heterocycles. The lowest BCUT2D eigenvalue weighted by Crippen LogP contribution is -2.44. The predicted molar refractivity (Wildman–Crippen MR) is 115 cm³/mol. The summed E-state index contributed by atoms with van der Waals surface area (Å²) in [4.78, 5) is 36.3. The molecule has 0 fully saturated rings. The third kappa shape index (κ3) is 3.81. The number of aromatic nitrogens is 2. The van der Waals surface area contributed by atoms with Crippen LogP contribution in [0.25, 0.3) is 0 Å². The number of carbonyl (C=O) groups excluding carboxylic acids is 2. The van der Waals surface area contributed by atoms with Gasteiger partial charge in [-0.15, -0.1) is 0 Å². The first-order chi connectivity index (χ1) is 14.6. The second-order valence-electron chi connectivity index (χ2n) is 7.60. The van der Waals surface area contributed by atoms with E-state index in [1.54, 1.807) is 30.5 Å². The molecule has 0 unspecified atom stereocenters. The summed E-state index contributed by atoms with van der Waals surface area (Å²) in [5.41, 5.74) is 2.71. The molecule has 2 aromatic carbocycles. The molecule has 3 aromatic rings. The van der Waals surface area contributed by atoms with Crippen molar-refractivity contribution in [1.29, 1.82) is 0 Å². The van der Waals surface area contributed by atoms with Crippen molar-refractivity contribution in [1.82, 2.24) is 15.3 Å². The Kier molecular flexibility index (Phi) is 5.57. The van der Waals surface area contributed by atoms with Gasteiger partial charge < -0.3 is 10.2 Å². The number of hydrogen-bond acceptors (Lipinski definition) is 4. The highest BCUT2D eigenvalue weighted by atomic mass is 16.2. The summed E-state index contributed by atoms with van der Waals surface area (Å²) in [6.07, 6.45) is 6.11. The lowest BCUT2D eigenvalue weighted by molar-refractivity contribution is -0.129. The largest absolute Gasteiger partial charge is 0.356 e. The quantitative estimate of drug-likeness (QED) is 0.662. The van der Waals surface area contributed by atoms with E-state index in [2.05, 4.69) is 15.3 Å². The molecule has 1 aliphatic rings. The lowest BCUT2D eigenvalue weighted by atomic mass is 9.73. The third-order valence-electron chi connectivity index (χ3n) is 5.63. The number of nitrogens with zero attached hydrogens (tertiary/aromatic N) is 3. The second kappa shape index (κ2) is 8.45. The van der Waals surface area contributed by atoms with Crippen LogP contribution in [-0.2, 0) is 27.8 Å². The van der Waals surface area contributed by atoms with E-state index in [0.717, 1.165) is 22.5 Å². The maximum Gasteiger partial charge on any atom is 0.238 e. The van der Waals surface area contributed by atoms with Crippen molar-refractivity contribution >= 4 is 17.5 Å². The Bertz CT molecular complexity index is 1040. The number of likely N-dealkylation sites (N-methyl/N-ethyl adjacent to an activating group) is 1. The van der Waals surface area contributed by atoms with Crippen LogP contribution in [0.5, 0.6) is 0 Å². The lowest BCUT2D eigenvalue weighted by Gasteiger charge is -2.28. The van der Waals surface area contributed by atoms with Gasteiger partial charge in [-0.1, -0.05) is 48.5 Å². The Morgan fingerprint density at radius 1 is 1.07 bits per heavy atom. The van der Waals surface area contributed by atoms with E-state index in [9.17, 15) is 9.59 Å². The Hall–Kier alpha value is -3.54. The third-order valence-corrected chi connectivity index (χ3v) is 5.63. The highest BCUT2D eigenvalue weighted by Crippen LogP contribution is 2.45. The highest BCUT2D eigenvalue weighted by molar-refractivity contribution is 6.09. The van der Waals surface area contributed by atoms with Gasteiger partial charge in [0.2, 0.25) is 11.8 Å². The van der Waals surface area contributed by atoms with E-state index >= 15 is 0 Å². The van der Waals surface area contributed by atoms with Gasteiger partial charge in [-0.2, -0.15) is 0 Å². The summed E-state index contributed by atoms with van der Waals surface area (Å²) in [6, 6.07) is 17.6. The second-order valence-corrected chi connectivity index (χ2v) is 7.60. The van der Waals surface area contributed by atoms with Crippen LogP contribution in [0.4, 0.5) is 5.69 Å². The van der Waals surface area contributed by atoms with Gasteiger partial charge in [0.05, 0.1) is 11.1 Å². The molecule has 2 heterocycles. The molecule has 0 bridgehead atoms. The van der Waals surface area contributed by atoms with Crippen LogP contribution in [0.2, 0.25) is 0 Å². The number of nitrogens with one attached hydrogen (secondary N) is 1. The minimum absolute atomic E-state index is 0.0448. The molecule has 6 nitrogen and oxygen atoms in total. The molecule has 1 aliphatic heterocycles. The number of amides is 2. The summed E-state index contributed by atoms with van der Waals surface area (Å²) >= 11 is 0. The van der Waals surface area contributed by atoms with E-state index < -0.39 is 5.41 Å². The predicted octanol–water partition coefficient (Wildman–Crippen LogP) is 2.68. The molecule has 0 saturated carbocycles. The SMILES string of the molecule is CN1C(=O)[C@](CC(=O)NCCc2cnccn2)(Cc2ccccc2)c2ccccc21. The Balaban J connectivity index is 1.57. The van der Waals surface area contributed by atoms with E-state index in [-0.39, 0.29) is 18.2 Å². The van der Waals surface area contributed by atoms with Crippen molar-refractivity contribution in [3.05, 3.63) is 90.0 Å². The molecule has 0 saturated heterocycles. The van der Waals surface area contributed by atoms with Gasteiger partial charge in [0.1, 0.15) is 0 Å². The molecule has 0 radical (unpaired) electrons. The number of carbonyl (C=O) groups is 2. The zero-order chi connectivity index (χ0) is 21.0. The topological polar surface area (TPSA) is 75.2 Å². The van der Waals surface area contributed by atoms with Gasteiger partial charge >= 0.3 is 0 Å². The van der Waals surface area contributed by atoms with Gasteiger partial charge in [-0.3, -0.25) is 19.6 Å². The average Bonchev–Trinajstić information content (AvgIpc) is 2.97. The maximum absolute atomic E-state index is 13.4. The molecule has 152 valence electrons. The van der Waals surface area contributed by atoms with Gasteiger partial charge in [0.15, 0.2) is 0 Å². The molecule has 6 heteroatoms. The van der Waals surface area contributed by atoms with Crippen molar-refractivity contribution in [3.8, 4) is 0 Å². The first-order valence-electron chi connectivity index (χ1n) is 10.0. The number of fused-ring (bicyclic) bond motifs is 1. The number of anilines is 1. The summed E-state index contributed by atoms with van der Waals surface area (Å²) < 4.78 is 0. The van der Waals surface area contributed by atoms with Crippen molar-refractivity contribution in [2.24, 2.45) is 0 Å². The van der Waals surface area contributed by atoms with E-state index in [4.69, 9.17) is 0 Å². The normalized spacial score (nSPS) is 17.6. The minimum Gasteiger partial charge on any atom is -0.356 e. The Morgan fingerprint density at radius 3 is 2.60 bits per heavy atom. The fraction of sp³-hybridized carbons (Fsp3) is 0.250. The van der Waals surface area contributed by atoms with Crippen LogP contribution < -0.4 is 10.2 Å². The average molecular weight is 400 g/mol. The van der Waals surface area contributed by atoms with Crippen molar-refractivity contribution in [2.75, 3.05) is 18.5 Å². The van der Waals surface area contributed by atoms with Crippen LogP contribution in [0.1, 0.15) is 23.2 Å². The number of hydrogen-bond donors (Lipinski definition) is 1. The van der Waals surface area contributed by atoms with Crippen LogP contribution in [-0.4, -0.2) is 35.4 Å². The monoisotopic (exact) mass is 400 g/mol. The van der Waals surface area contributed by atoms with Crippen molar-refractivity contribution in [2.45, 2.75) is 24.7 Å². The molecule has 0 aliphatic carbocycles. The molecular weight excluding hydrogens is 376 g/mol. The number of benzene rings is 2. The van der Waals surface area contributed by atoms with Crippen LogP contribution in [0.15, 0.2) is 73.2 Å². The van der Waals surface area contributed by atoms with Crippen LogP contribution in [0, 0.1) is 0 Å². The summed E-state index contributed by atoms with van der Waals surface area (Å²) in [5, 5.41) is 2.96. The van der Waals surface area contributed by atoms with Crippen LogP contribution in [0.3, 0.4) is 0 Å². The Labute approximate surface area is 176 Å². The fourth-order valence-electron chi connectivity index (χ4n) is 4.19. The first-order valence-corrected chi connectivity index (χ1v) is 10.0. The summed E-state index contributed by atoms with van der Waals surface area (Å²) in [6.45, 7) is 0.449. The van der Waals surface area contributed by atoms with Crippen molar-refractivity contribution in [3.63, 3.8) is 0 Å². The number of rotatable bonds is 7. The minimum atomic E-state index is -0.913. The van der Waals surface area contributed by atoms with Crippen LogP contribution >= 0.6 is 0 Å². The molecule has 4 rings (SSSR count). The summed E-state index contributed by atoms with van der Waals surface area (Å²) in [5.74, 6) is -0.190. The van der Waals surface area contributed by atoms with Gasteiger partial charge in [-0.25, -0.2) is 0 Å². The maximum atomic E-state index is 13.4. The molecule has 30 heavy (non-hydrogen) atoms.